The minimum atomic E-state index is 0.0819. The van der Waals surface area contributed by atoms with Crippen molar-refractivity contribution >= 4 is 0 Å². The highest BCUT2D eigenvalue weighted by molar-refractivity contribution is 5.09. The molecular formula is C18H26N2O2. The normalized spacial score (nSPS) is 28.3. The predicted molar refractivity (Wildman–Crippen MR) is 84.7 cm³/mol. The molecule has 1 atom stereocenters. The molecule has 2 saturated heterocycles. The molecule has 0 radical (unpaired) electrons. The van der Waals surface area contributed by atoms with Crippen molar-refractivity contribution in [3.63, 3.8) is 0 Å². The standard InChI is InChI=1S/C18H26N2O2/c1-14-4-2-5-15(19-14)11-21-17-8-9-22-18(10-17)12-20(13-18)16-6-3-7-16/h2,4-5,16-17H,3,6-13H2,1H3/t17-/m0/s1. The van der Waals surface area contributed by atoms with Crippen LogP contribution >= 0.6 is 0 Å². The van der Waals surface area contributed by atoms with E-state index in [0.29, 0.717) is 12.7 Å². The first kappa shape index (κ1) is 14.6. The van der Waals surface area contributed by atoms with Crippen molar-refractivity contribution in [2.24, 2.45) is 0 Å². The number of aryl methyl sites for hydroxylation is 1. The Kier molecular flexibility index (Phi) is 3.93. The van der Waals surface area contributed by atoms with Crippen LogP contribution in [0.2, 0.25) is 0 Å². The number of hydrogen-bond donors (Lipinski definition) is 0. The molecule has 3 fully saturated rings. The minimum absolute atomic E-state index is 0.0819. The van der Waals surface area contributed by atoms with E-state index in [-0.39, 0.29) is 5.60 Å². The third kappa shape index (κ3) is 2.92. The lowest BCUT2D eigenvalue weighted by Crippen LogP contribution is -2.69. The first-order chi connectivity index (χ1) is 10.7. The zero-order valence-corrected chi connectivity index (χ0v) is 13.5. The first-order valence-corrected chi connectivity index (χ1v) is 8.65. The molecule has 0 unspecified atom stereocenters. The summed E-state index contributed by atoms with van der Waals surface area (Å²) >= 11 is 0. The highest BCUT2D eigenvalue weighted by Crippen LogP contribution is 2.40. The molecule has 1 aromatic rings. The van der Waals surface area contributed by atoms with Gasteiger partial charge in [0.25, 0.3) is 0 Å². The monoisotopic (exact) mass is 302 g/mol. The SMILES string of the molecule is Cc1cccc(CO[C@H]2CCOC3(C2)CN(C2CCC2)C3)n1. The number of rotatable bonds is 4. The molecule has 1 spiro atoms. The third-order valence-corrected chi connectivity index (χ3v) is 5.43. The van der Waals surface area contributed by atoms with E-state index in [1.807, 2.05) is 19.1 Å². The molecule has 0 aromatic carbocycles. The maximum atomic E-state index is 6.13. The molecule has 22 heavy (non-hydrogen) atoms. The maximum Gasteiger partial charge on any atom is 0.0959 e. The van der Waals surface area contributed by atoms with Crippen LogP contribution in [-0.2, 0) is 16.1 Å². The summed E-state index contributed by atoms with van der Waals surface area (Å²) in [5.41, 5.74) is 2.17. The van der Waals surface area contributed by atoms with Crippen molar-refractivity contribution in [3.05, 3.63) is 29.6 Å². The van der Waals surface area contributed by atoms with Gasteiger partial charge in [-0.1, -0.05) is 12.5 Å². The number of ether oxygens (including phenoxy) is 2. The van der Waals surface area contributed by atoms with Crippen molar-refractivity contribution in [1.29, 1.82) is 0 Å². The topological polar surface area (TPSA) is 34.6 Å². The van der Waals surface area contributed by atoms with Gasteiger partial charge in [-0.15, -0.1) is 0 Å². The molecule has 0 amide bonds. The molecule has 120 valence electrons. The summed E-state index contributed by atoms with van der Waals surface area (Å²) in [6.07, 6.45) is 6.55. The average Bonchev–Trinajstić information content (AvgIpc) is 2.42. The highest BCUT2D eigenvalue weighted by Gasteiger charge is 2.50. The van der Waals surface area contributed by atoms with Gasteiger partial charge in [0.2, 0.25) is 0 Å². The summed E-state index contributed by atoms with van der Waals surface area (Å²) < 4.78 is 12.2. The van der Waals surface area contributed by atoms with Crippen molar-refractivity contribution in [2.75, 3.05) is 19.7 Å². The lowest BCUT2D eigenvalue weighted by molar-refractivity contribution is -0.211. The number of pyridine rings is 1. The summed E-state index contributed by atoms with van der Waals surface area (Å²) in [7, 11) is 0. The summed E-state index contributed by atoms with van der Waals surface area (Å²) in [6.45, 7) is 5.70. The maximum absolute atomic E-state index is 6.13. The van der Waals surface area contributed by atoms with E-state index in [9.17, 15) is 0 Å². The number of hydrogen-bond acceptors (Lipinski definition) is 4. The van der Waals surface area contributed by atoms with Gasteiger partial charge >= 0.3 is 0 Å². The van der Waals surface area contributed by atoms with Gasteiger partial charge in [0, 0.05) is 37.9 Å². The van der Waals surface area contributed by atoms with E-state index in [0.717, 1.165) is 50.0 Å². The second-order valence-corrected chi connectivity index (χ2v) is 7.22. The largest absolute Gasteiger partial charge is 0.372 e. The average molecular weight is 302 g/mol. The lowest BCUT2D eigenvalue weighted by Gasteiger charge is -2.57. The summed E-state index contributed by atoms with van der Waals surface area (Å²) in [6, 6.07) is 6.96. The second kappa shape index (κ2) is 5.91. The quantitative estimate of drug-likeness (QED) is 0.856. The first-order valence-electron chi connectivity index (χ1n) is 8.65. The fraction of sp³-hybridized carbons (Fsp3) is 0.722. The number of aromatic nitrogens is 1. The third-order valence-electron chi connectivity index (χ3n) is 5.43. The summed E-state index contributed by atoms with van der Waals surface area (Å²) in [4.78, 5) is 7.12. The molecule has 3 aliphatic rings. The molecule has 0 bridgehead atoms. The van der Waals surface area contributed by atoms with Gasteiger partial charge in [-0.3, -0.25) is 9.88 Å². The van der Waals surface area contributed by atoms with Crippen molar-refractivity contribution in [3.8, 4) is 0 Å². The highest BCUT2D eigenvalue weighted by atomic mass is 16.5. The van der Waals surface area contributed by atoms with E-state index in [2.05, 4.69) is 16.0 Å². The zero-order chi connectivity index (χ0) is 15.0. The molecular weight excluding hydrogens is 276 g/mol. The molecule has 1 aromatic heterocycles. The Morgan fingerprint density at radius 3 is 2.91 bits per heavy atom. The van der Waals surface area contributed by atoms with Crippen LogP contribution in [0, 0.1) is 6.92 Å². The Labute approximate surface area is 132 Å². The van der Waals surface area contributed by atoms with Crippen LogP contribution in [0.3, 0.4) is 0 Å². The molecule has 3 heterocycles. The minimum Gasteiger partial charge on any atom is -0.372 e. The van der Waals surface area contributed by atoms with Crippen LogP contribution in [0.25, 0.3) is 0 Å². The Morgan fingerprint density at radius 2 is 2.18 bits per heavy atom. The van der Waals surface area contributed by atoms with Gasteiger partial charge in [-0.25, -0.2) is 0 Å². The second-order valence-electron chi connectivity index (χ2n) is 7.22. The van der Waals surface area contributed by atoms with E-state index >= 15 is 0 Å². The van der Waals surface area contributed by atoms with Gasteiger partial charge in [0.1, 0.15) is 0 Å². The van der Waals surface area contributed by atoms with Gasteiger partial charge in [-0.2, -0.15) is 0 Å². The van der Waals surface area contributed by atoms with Crippen molar-refractivity contribution in [2.45, 2.75) is 63.4 Å². The van der Waals surface area contributed by atoms with Gasteiger partial charge in [0.05, 0.1) is 24.0 Å². The Hall–Kier alpha value is -0.970. The predicted octanol–water partition coefficient (Wildman–Crippen LogP) is 2.69. The van der Waals surface area contributed by atoms with Gasteiger partial charge in [-0.05, 0) is 38.3 Å². The van der Waals surface area contributed by atoms with Crippen LogP contribution in [0.15, 0.2) is 18.2 Å². The van der Waals surface area contributed by atoms with E-state index in [4.69, 9.17) is 9.47 Å². The van der Waals surface area contributed by atoms with Crippen LogP contribution in [0.4, 0.5) is 0 Å². The van der Waals surface area contributed by atoms with E-state index in [1.54, 1.807) is 0 Å². The van der Waals surface area contributed by atoms with Crippen LogP contribution in [0.1, 0.15) is 43.5 Å². The molecule has 1 aliphatic carbocycles. The fourth-order valence-corrected chi connectivity index (χ4v) is 3.93. The van der Waals surface area contributed by atoms with E-state index in [1.165, 1.54) is 19.3 Å². The van der Waals surface area contributed by atoms with Crippen LogP contribution < -0.4 is 0 Å². The Balaban J connectivity index is 1.28. The molecule has 4 nitrogen and oxygen atoms in total. The molecule has 1 saturated carbocycles. The number of likely N-dealkylation sites (tertiary alicyclic amines) is 1. The summed E-state index contributed by atoms with van der Waals surface area (Å²) in [5, 5.41) is 0. The zero-order valence-electron chi connectivity index (χ0n) is 13.5. The van der Waals surface area contributed by atoms with Gasteiger partial charge < -0.3 is 9.47 Å². The Bertz CT molecular complexity index is 524. The van der Waals surface area contributed by atoms with E-state index < -0.39 is 0 Å². The van der Waals surface area contributed by atoms with Gasteiger partial charge in [0.15, 0.2) is 0 Å². The molecule has 0 N–H and O–H groups in total. The lowest BCUT2D eigenvalue weighted by atomic mass is 9.80. The smallest absolute Gasteiger partial charge is 0.0959 e. The number of nitrogens with zero attached hydrogens (tertiary/aromatic N) is 2. The Morgan fingerprint density at radius 1 is 1.32 bits per heavy atom. The van der Waals surface area contributed by atoms with Crippen molar-refractivity contribution < 1.29 is 9.47 Å². The molecule has 4 heteroatoms. The molecule has 4 rings (SSSR count). The molecule has 2 aliphatic heterocycles. The van der Waals surface area contributed by atoms with Crippen LogP contribution in [0.5, 0.6) is 0 Å². The summed E-state index contributed by atoms with van der Waals surface area (Å²) in [5.74, 6) is 0. The van der Waals surface area contributed by atoms with Crippen molar-refractivity contribution in [1.82, 2.24) is 9.88 Å². The fourth-order valence-electron chi connectivity index (χ4n) is 3.93. The van der Waals surface area contributed by atoms with Crippen LogP contribution in [-0.4, -0.2) is 47.3 Å².